The van der Waals surface area contributed by atoms with Gasteiger partial charge in [-0.15, -0.1) is 0 Å². The topological polar surface area (TPSA) is 52.7 Å². The largest absolute Gasteiger partial charge is 0.314 e. The van der Waals surface area contributed by atoms with Crippen LogP contribution in [-0.4, -0.2) is 53.8 Å². The number of rotatable bonds is 12. The Hall–Kier alpha value is -2.50. The highest BCUT2D eigenvalue weighted by Gasteiger charge is 2.34. The van der Waals surface area contributed by atoms with E-state index in [1.807, 2.05) is 12.1 Å². The van der Waals surface area contributed by atoms with Crippen molar-refractivity contribution in [2.24, 2.45) is 0 Å². The summed E-state index contributed by atoms with van der Waals surface area (Å²) in [6.45, 7) is 5.08. The molecule has 2 aliphatic heterocycles. The molecule has 1 fully saturated rings. The number of fused-ring (bicyclic) bond motifs is 1. The number of carbonyl (C=O) groups excluding carboxylic acids is 2. The zero-order valence-corrected chi connectivity index (χ0v) is 19.7. The standard InChI is InChI=1S/C28H37N3O2/c32-27-25-14-8-9-15-26(25)28(33)31(27)19-11-4-2-1-3-10-18-29-24-16-20-30(21-17-24)22-23-12-6-5-7-13-23/h5-9,12-15,24,29H,1-4,10-11,16-22H2. The van der Waals surface area contributed by atoms with Crippen molar-refractivity contribution in [1.29, 1.82) is 0 Å². The summed E-state index contributed by atoms with van der Waals surface area (Å²) < 4.78 is 0. The van der Waals surface area contributed by atoms with Gasteiger partial charge in [0.2, 0.25) is 0 Å². The highest BCUT2D eigenvalue weighted by molar-refractivity contribution is 6.21. The first-order valence-electron chi connectivity index (χ1n) is 12.7. The average molecular weight is 448 g/mol. The van der Waals surface area contributed by atoms with Gasteiger partial charge in [0.1, 0.15) is 0 Å². The van der Waals surface area contributed by atoms with Crippen molar-refractivity contribution in [1.82, 2.24) is 15.1 Å². The van der Waals surface area contributed by atoms with E-state index in [0.717, 1.165) is 25.9 Å². The molecular formula is C28H37N3O2. The number of carbonyl (C=O) groups is 2. The van der Waals surface area contributed by atoms with Crippen LogP contribution in [-0.2, 0) is 6.54 Å². The molecule has 0 atom stereocenters. The summed E-state index contributed by atoms with van der Waals surface area (Å²) in [4.78, 5) is 28.7. The average Bonchev–Trinajstić information content (AvgIpc) is 3.09. The van der Waals surface area contributed by atoms with Crippen LogP contribution in [0.15, 0.2) is 54.6 Å². The summed E-state index contributed by atoms with van der Waals surface area (Å²) in [5.74, 6) is -0.264. The number of nitrogens with one attached hydrogen (secondary N) is 1. The lowest BCUT2D eigenvalue weighted by atomic mass is 10.0. The van der Waals surface area contributed by atoms with Gasteiger partial charge in [-0.2, -0.15) is 0 Å². The van der Waals surface area contributed by atoms with Crippen molar-refractivity contribution in [2.45, 2.75) is 64.0 Å². The van der Waals surface area contributed by atoms with E-state index < -0.39 is 0 Å². The summed E-state index contributed by atoms with van der Waals surface area (Å²) in [5, 5.41) is 3.76. The van der Waals surface area contributed by atoms with Gasteiger partial charge in [0.15, 0.2) is 0 Å². The SMILES string of the molecule is O=C1c2ccccc2C(=O)N1CCCCCCCCNC1CCN(Cc2ccccc2)CC1. The third-order valence-electron chi connectivity index (χ3n) is 6.96. The first-order valence-corrected chi connectivity index (χ1v) is 12.7. The number of benzene rings is 2. The predicted octanol–water partition coefficient (Wildman–Crippen LogP) is 4.88. The number of hydrogen-bond donors (Lipinski definition) is 1. The molecule has 1 N–H and O–H groups in total. The quantitative estimate of drug-likeness (QED) is 0.372. The monoisotopic (exact) mass is 447 g/mol. The van der Waals surface area contributed by atoms with Crippen molar-refractivity contribution in [3.8, 4) is 0 Å². The Morgan fingerprint density at radius 2 is 1.30 bits per heavy atom. The van der Waals surface area contributed by atoms with Crippen LogP contribution in [0.1, 0.15) is 77.6 Å². The Morgan fingerprint density at radius 3 is 1.97 bits per heavy atom. The molecule has 0 spiro atoms. The summed E-state index contributed by atoms with van der Waals surface area (Å²) in [6.07, 6.45) is 9.30. The van der Waals surface area contributed by atoms with E-state index in [1.165, 1.54) is 62.1 Å². The fourth-order valence-electron chi connectivity index (χ4n) is 4.99. The number of unbranched alkanes of at least 4 members (excludes halogenated alkanes) is 5. The smallest absolute Gasteiger partial charge is 0.261 e. The molecule has 2 heterocycles. The summed E-state index contributed by atoms with van der Waals surface area (Å²) in [6, 6.07) is 18.6. The molecule has 176 valence electrons. The van der Waals surface area contributed by atoms with E-state index in [9.17, 15) is 9.59 Å². The van der Waals surface area contributed by atoms with E-state index in [-0.39, 0.29) is 11.8 Å². The number of likely N-dealkylation sites (tertiary alicyclic amines) is 1. The molecule has 1 saturated heterocycles. The zero-order valence-electron chi connectivity index (χ0n) is 19.7. The Morgan fingerprint density at radius 1 is 0.727 bits per heavy atom. The van der Waals surface area contributed by atoms with E-state index in [2.05, 4.69) is 40.5 Å². The van der Waals surface area contributed by atoms with Crippen molar-refractivity contribution in [2.75, 3.05) is 26.2 Å². The fraction of sp³-hybridized carbons (Fsp3) is 0.500. The van der Waals surface area contributed by atoms with E-state index in [1.54, 1.807) is 12.1 Å². The Balaban J connectivity index is 0.995. The van der Waals surface area contributed by atoms with Crippen LogP contribution in [0.3, 0.4) is 0 Å². The second-order valence-corrected chi connectivity index (χ2v) is 9.42. The van der Waals surface area contributed by atoms with Crippen LogP contribution in [0.5, 0.6) is 0 Å². The molecule has 0 radical (unpaired) electrons. The molecule has 0 saturated carbocycles. The van der Waals surface area contributed by atoms with Gasteiger partial charge in [-0.05, 0) is 63.0 Å². The highest BCUT2D eigenvalue weighted by atomic mass is 16.2. The first-order chi connectivity index (χ1) is 16.2. The lowest BCUT2D eigenvalue weighted by Gasteiger charge is -2.32. The fourth-order valence-corrected chi connectivity index (χ4v) is 4.99. The number of hydrogen-bond acceptors (Lipinski definition) is 4. The second kappa shape index (κ2) is 12.1. The lowest BCUT2D eigenvalue weighted by molar-refractivity contribution is 0.0651. The van der Waals surface area contributed by atoms with E-state index in [4.69, 9.17) is 0 Å². The molecule has 2 aromatic carbocycles. The summed E-state index contributed by atoms with van der Waals surface area (Å²) in [7, 11) is 0. The van der Waals surface area contributed by atoms with Crippen LogP contribution >= 0.6 is 0 Å². The van der Waals surface area contributed by atoms with Crippen LogP contribution in [0.4, 0.5) is 0 Å². The zero-order chi connectivity index (χ0) is 22.9. The molecule has 5 heteroatoms. The van der Waals surface area contributed by atoms with Gasteiger partial charge in [-0.1, -0.05) is 68.1 Å². The van der Waals surface area contributed by atoms with E-state index >= 15 is 0 Å². The second-order valence-electron chi connectivity index (χ2n) is 9.42. The summed E-state index contributed by atoms with van der Waals surface area (Å²) >= 11 is 0. The van der Waals surface area contributed by atoms with E-state index in [0.29, 0.717) is 23.7 Å². The van der Waals surface area contributed by atoms with Gasteiger partial charge < -0.3 is 5.32 Å². The van der Waals surface area contributed by atoms with Gasteiger partial charge in [-0.3, -0.25) is 19.4 Å². The van der Waals surface area contributed by atoms with Crippen molar-refractivity contribution < 1.29 is 9.59 Å². The minimum Gasteiger partial charge on any atom is -0.314 e. The molecule has 0 unspecified atom stereocenters. The van der Waals surface area contributed by atoms with Crippen LogP contribution in [0.2, 0.25) is 0 Å². The molecule has 5 nitrogen and oxygen atoms in total. The maximum absolute atomic E-state index is 12.4. The number of amides is 2. The first kappa shape index (κ1) is 23.7. The van der Waals surface area contributed by atoms with Crippen molar-refractivity contribution in [3.63, 3.8) is 0 Å². The van der Waals surface area contributed by atoms with Gasteiger partial charge in [0.05, 0.1) is 11.1 Å². The Kier molecular flexibility index (Phi) is 8.67. The van der Waals surface area contributed by atoms with Crippen LogP contribution in [0, 0.1) is 0 Å². The summed E-state index contributed by atoms with van der Waals surface area (Å²) in [5.41, 5.74) is 2.52. The molecule has 0 aliphatic carbocycles. The number of piperidine rings is 1. The Labute approximate surface area is 198 Å². The maximum atomic E-state index is 12.4. The molecule has 4 rings (SSSR count). The molecule has 33 heavy (non-hydrogen) atoms. The molecule has 2 aromatic rings. The highest BCUT2D eigenvalue weighted by Crippen LogP contribution is 2.23. The van der Waals surface area contributed by atoms with Crippen LogP contribution in [0.25, 0.3) is 0 Å². The lowest BCUT2D eigenvalue weighted by Crippen LogP contribution is -2.42. The molecule has 2 amide bonds. The predicted molar refractivity (Wildman–Crippen MR) is 132 cm³/mol. The van der Waals surface area contributed by atoms with Gasteiger partial charge in [-0.25, -0.2) is 0 Å². The van der Waals surface area contributed by atoms with Gasteiger partial charge in [0.25, 0.3) is 11.8 Å². The normalized spacial score (nSPS) is 17.0. The number of imide groups is 1. The van der Waals surface area contributed by atoms with Crippen LogP contribution < -0.4 is 5.32 Å². The third kappa shape index (κ3) is 6.52. The Bertz CT molecular complexity index is 871. The molecule has 0 aromatic heterocycles. The van der Waals surface area contributed by atoms with Crippen molar-refractivity contribution in [3.05, 3.63) is 71.3 Å². The minimum atomic E-state index is -0.132. The number of nitrogens with zero attached hydrogens (tertiary/aromatic N) is 2. The molecular weight excluding hydrogens is 410 g/mol. The van der Waals surface area contributed by atoms with Gasteiger partial charge >= 0.3 is 0 Å². The molecule has 0 bridgehead atoms. The molecule has 2 aliphatic rings. The third-order valence-corrected chi connectivity index (χ3v) is 6.96. The minimum absolute atomic E-state index is 0.132. The van der Waals surface area contributed by atoms with Crippen molar-refractivity contribution >= 4 is 11.8 Å². The van der Waals surface area contributed by atoms with Gasteiger partial charge in [0, 0.05) is 19.1 Å². The maximum Gasteiger partial charge on any atom is 0.261 e.